The van der Waals surface area contributed by atoms with Gasteiger partial charge in [0, 0.05) is 24.5 Å². The van der Waals surface area contributed by atoms with Gasteiger partial charge in [-0.1, -0.05) is 0 Å². The Morgan fingerprint density at radius 1 is 1.23 bits per heavy atom. The summed E-state index contributed by atoms with van der Waals surface area (Å²) in [7, 11) is 3.23. The van der Waals surface area contributed by atoms with Gasteiger partial charge < -0.3 is 19.9 Å². The second-order valence-electron chi connectivity index (χ2n) is 5.76. The molecule has 0 fully saturated rings. The molecule has 0 atom stereocenters. The average Bonchev–Trinajstić information content (AvgIpc) is 2.93. The molecule has 0 bridgehead atoms. The summed E-state index contributed by atoms with van der Waals surface area (Å²) >= 11 is 0. The highest BCUT2D eigenvalue weighted by Gasteiger charge is 2.10. The first-order valence-electron chi connectivity index (χ1n) is 7.99. The number of hydrogen-bond acceptors (Lipinski definition) is 5. The zero-order chi connectivity index (χ0) is 18.7. The first-order valence-corrected chi connectivity index (χ1v) is 7.99. The van der Waals surface area contributed by atoms with Gasteiger partial charge >= 0.3 is 6.09 Å². The highest BCUT2D eigenvalue weighted by atomic mass is 16.5. The average molecular weight is 353 g/mol. The number of aromatic nitrogens is 3. The van der Waals surface area contributed by atoms with E-state index in [-0.39, 0.29) is 12.5 Å². The molecule has 0 aliphatic heterocycles. The van der Waals surface area contributed by atoms with Crippen molar-refractivity contribution in [2.24, 2.45) is 7.05 Å². The van der Waals surface area contributed by atoms with Crippen molar-refractivity contribution < 1.29 is 14.3 Å². The SMILES string of the molecule is COC(=O)NCc1cc(C(=O)Nc2ccc3c(c2)nc(C)n3C)ccn1. The molecule has 1 aromatic carbocycles. The molecule has 8 nitrogen and oxygen atoms in total. The summed E-state index contributed by atoms with van der Waals surface area (Å²) in [4.78, 5) is 32.2. The lowest BCUT2D eigenvalue weighted by Gasteiger charge is -2.07. The van der Waals surface area contributed by atoms with Crippen molar-refractivity contribution in [3.05, 3.63) is 53.6 Å². The highest BCUT2D eigenvalue weighted by molar-refractivity contribution is 6.05. The number of methoxy groups -OCH3 is 1. The number of amides is 2. The molecule has 3 rings (SSSR count). The van der Waals surface area contributed by atoms with Crippen LogP contribution in [0.25, 0.3) is 11.0 Å². The molecule has 0 spiro atoms. The Morgan fingerprint density at radius 2 is 2.04 bits per heavy atom. The Morgan fingerprint density at radius 3 is 2.81 bits per heavy atom. The van der Waals surface area contributed by atoms with Crippen molar-refractivity contribution in [2.75, 3.05) is 12.4 Å². The number of nitrogens with one attached hydrogen (secondary N) is 2. The molecule has 2 aromatic heterocycles. The summed E-state index contributed by atoms with van der Waals surface area (Å²) < 4.78 is 6.50. The summed E-state index contributed by atoms with van der Waals surface area (Å²) in [6.45, 7) is 2.10. The summed E-state index contributed by atoms with van der Waals surface area (Å²) in [5.74, 6) is 0.638. The molecule has 0 saturated carbocycles. The summed E-state index contributed by atoms with van der Waals surface area (Å²) in [6.07, 6.45) is 0.967. The number of pyridine rings is 1. The Labute approximate surface area is 150 Å². The lowest BCUT2D eigenvalue weighted by atomic mass is 10.2. The number of anilines is 1. The van der Waals surface area contributed by atoms with Gasteiger partial charge in [-0.25, -0.2) is 9.78 Å². The highest BCUT2D eigenvalue weighted by Crippen LogP contribution is 2.20. The number of rotatable bonds is 4. The maximum Gasteiger partial charge on any atom is 0.407 e. The van der Waals surface area contributed by atoms with Crippen molar-refractivity contribution in [1.82, 2.24) is 19.9 Å². The van der Waals surface area contributed by atoms with Crippen LogP contribution in [0.5, 0.6) is 0 Å². The van der Waals surface area contributed by atoms with Crippen LogP contribution in [0.3, 0.4) is 0 Å². The van der Waals surface area contributed by atoms with E-state index in [1.807, 2.05) is 36.7 Å². The lowest BCUT2D eigenvalue weighted by molar-refractivity contribution is 0.102. The van der Waals surface area contributed by atoms with Gasteiger partial charge in [0.05, 0.1) is 30.4 Å². The van der Waals surface area contributed by atoms with Crippen LogP contribution in [0.2, 0.25) is 0 Å². The van der Waals surface area contributed by atoms with E-state index < -0.39 is 6.09 Å². The van der Waals surface area contributed by atoms with Crippen molar-refractivity contribution in [3.8, 4) is 0 Å². The van der Waals surface area contributed by atoms with Crippen molar-refractivity contribution in [2.45, 2.75) is 13.5 Å². The summed E-state index contributed by atoms with van der Waals surface area (Å²) in [5.41, 5.74) is 3.48. The number of hydrogen-bond donors (Lipinski definition) is 2. The van der Waals surface area contributed by atoms with Gasteiger partial charge in [0.15, 0.2) is 0 Å². The number of benzene rings is 1. The van der Waals surface area contributed by atoms with Gasteiger partial charge in [-0.15, -0.1) is 0 Å². The normalized spacial score (nSPS) is 10.6. The third-order valence-electron chi connectivity index (χ3n) is 4.04. The minimum Gasteiger partial charge on any atom is -0.453 e. The second kappa shape index (κ2) is 7.22. The van der Waals surface area contributed by atoms with Crippen LogP contribution >= 0.6 is 0 Å². The van der Waals surface area contributed by atoms with E-state index in [1.54, 1.807) is 12.1 Å². The van der Waals surface area contributed by atoms with Crippen LogP contribution < -0.4 is 10.6 Å². The molecule has 8 heteroatoms. The molecule has 2 amide bonds. The zero-order valence-electron chi connectivity index (χ0n) is 14.7. The van der Waals surface area contributed by atoms with Gasteiger partial charge in [-0.3, -0.25) is 9.78 Å². The molecule has 26 heavy (non-hydrogen) atoms. The van der Waals surface area contributed by atoms with Crippen molar-refractivity contribution in [3.63, 3.8) is 0 Å². The van der Waals surface area contributed by atoms with Crippen LogP contribution in [-0.4, -0.2) is 33.6 Å². The van der Waals surface area contributed by atoms with Crippen LogP contribution in [-0.2, 0) is 18.3 Å². The number of ether oxygens (including phenoxy) is 1. The number of carbonyl (C=O) groups excluding carboxylic acids is 2. The topological polar surface area (TPSA) is 98.1 Å². The van der Waals surface area contributed by atoms with E-state index in [2.05, 4.69) is 25.3 Å². The number of carbonyl (C=O) groups is 2. The molecular formula is C18H19N5O3. The smallest absolute Gasteiger partial charge is 0.407 e. The summed E-state index contributed by atoms with van der Waals surface area (Å²) in [5, 5.41) is 5.38. The quantitative estimate of drug-likeness (QED) is 0.750. The first kappa shape index (κ1) is 17.4. The Bertz CT molecular complexity index is 980. The maximum absolute atomic E-state index is 12.5. The van der Waals surface area contributed by atoms with Gasteiger partial charge in [-0.05, 0) is 37.3 Å². The molecule has 2 N–H and O–H groups in total. The monoisotopic (exact) mass is 353 g/mol. The summed E-state index contributed by atoms with van der Waals surface area (Å²) in [6, 6.07) is 8.82. The first-order chi connectivity index (χ1) is 12.5. The van der Waals surface area contributed by atoms with Crippen LogP contribution in [0.4, 0.5) is 10.5 Å². The van der Waals surface area contributed by atoms with Gasteiger partial charge in [0.2, 0.25) is 0 Å². The Hall–Kier alpha value is -3.42. The van der Waals surface area contributed by atoms with E-state index in [4.69, 9.17) is 0 Å². The number of imidazole rings is 1. The molecule has 0 unspecified atom stereocenters. The van der Waals surface area contributed by atoms with Crippen molar-refractivity contribution in [1.29, 1.82) is 0 Å². The molecule has 3 aromatic rings. The zero-order valence-corrected chi connectivity index (χ0v) is 14.7. The molecule has 0 radical (unpaired) electrons. The van der Waals surface area contributed by atoms with E-state index in [0.29, 0.717) is 16.9 Å². The molecular weight excluding hydrogens is 334 g/mol. The van der Waals surface area contributed by atoms with E-state index in [1.165, 1.54) is 13.3 Å². The molecule has 0 saturated heterocycles. The minimum atomic E-state index is -0.555. The molecule has 2 heterocycles. The molecule has 0 aliphatic rings. The number of aryl methyl sites for hydroxylation is 2. The number of nitrogens with zero attached hydrogens (tertiary/aromatic N) is 3. The predicted molar refractivity (Wildman–Crippen MR) is 96.9 cm³/mol. The Kier molecular flexibility index (Phi) is 4.83. The fourth-order valence-corrected chi connectivity index (χ4v) is 2.55. The van der Waals surface area contributed by atoms with Crippen LogP contribution in [0, 0.1) is 6.92 Å². The number of fused-ring (bicyclic) bond motifs is 1. The van der Waals surface area contributed by atoms with Crippen LogP contribution in [0.1, 0.15) is 21.9 Å². The third-order valence-corrected chi connectivity index (χ3v) is 4.04. The second-order valence-corrected chi connectivity index (χ2v) is 5.76. The molecule has 0 aliphatic carbocycles. The lowest BCUT2D eigenvalue weighted by Crippen LogP contribution is -2.23. The van der Waals surface area contributed by atoms with Gasteiger partial charge in [0.25, 0.3) is 5.91 Å². The fourth-order valence-electron chi connectivity index (χ4n) is 2.55. The predicted octanol–water partition coefficient (Wildman–Crippen LogP) is 2.39. The van der Waals surface area contributed by atoms with E-state index in [9.17, 15) is 9.59 Å². The Balaban J connectivity index is 1.74. The van der Waals surface area contributed by atoms with Crippen molar-refractivity contribution >= 4 is 28.7 Å². The van der Waals surface area contributed by atoms with E-state index in [0.717, 1.165) is 16.9 Å². The third kappa shape index (κ3) is 3.64. The minimum absolute atomic E-state index is 0.174. The van der Waals surface area contributed by atoms with Crippen LogP contribution in [0.15, 0.2) is 36.5 Å². The number of alkyl carbamates (subject to hydrolysis) is 1. The van der Waals surface area contributed by atoms with Gasteiger partial charge in [0.1, 0.15) is 5.82 Å². The van der Waals surface area contributed by atoms with Gasteiger partial charge in [-0.2, -0.15) is 0 Å². The van der Waals surface area contributed by atoms with E-state index >= 15 is 0 Å². The largest absolute Gasteiger partial charge is 0.453 e. The standard InChI is InChI=1S/C18H19N5O3/c1-11-21-15-9-13(4-5-16(15)23(11)2)22-17(24)12-6-7-19-14(8-12)10-20-18(25)26-3/h4-9H,10H2,1-3H3,(H,20,25)(H,22,24). The maximum atomic E-state index is 12.5. The molecule has 134 valence electrons. The fraction of sp³-hybridized carbons (Fsp3) is 0.222.